The normalized spacial score (nSPS) is 15.9. The summed E-state index contributed by atoms with van der Waals surface area (Å²) in [4.78, 5) is 20.6. The Bertz CT molecular complexity index is 531. The van der Waals surface area contributed by atoms with Gasteiger partial charge in [0, 0.05) is 38.4 Å². The molecule has 0 radical (unpaired) electrons. The van der Waals surface area contributed by atoms with Gasteiger partial charge in [0.2, 0.25) is 0 Å². The number of carbonyl (C=O) groups excluding carboxylic acids is 1. The summed E-state index contributed by atoms with van der Waals surface area (Å²) in [6.45, 7) is 10.9. The van der Waals surface area contributed by atoms with E-state index < -0.39 is 5.60 Å². The Kier molecular flexibility index (Phi) is 4.90. The zero-order valence-electron chi connectivity index (χ0n) is 13.9. The third-order valence-electron chi connectivity index (χ3n) is 3.66. The van der Waals surface area contributed by atoms with E-state index in [-0.39, 0.29) is 6.09 Å². The van der Waals surface area contributed by atoms with E-state index in [9.17, 15) is 4.79 Å². The number of pyridine rings is 1. The number of nitrogens with two attached hydrogens (primary N) is 1. The molecule has 0 saturated carbocycles. The summed E-state index contributed by atoms with van der Waals surface area (Å²) in [5, 5.41) is 0. The fourth-order valence-corrected chi connectivity index (χ4v) is 2.41. The minimum Gasteiger partial charge on any atom is -0.444 e. The van der Waals surface area contributed by atoms with Crippen molar-refractivity contribution in [1.29, 1.82) is 0 Å². The summed E-state index contributed by atoms with van der Waals surface area (Å²) in [5.74, 6) is 0.943. The molecule has 6 heteroatoms. The van der Waals surface area contributed by atoms with Crippen LogP contribution < -0.4 is 10.6 Å². The van der Waals surface area contributed by atoms with Gasteiger partial charge in [0.25, 0.3) is 0 Å². The first-order valence-corrected chi connectivity index (χ1v) is 7.69. The molecular formula is C16H26N4O2. The lowest BCUT2D eigenvalue weighted by Crippen LogP contribution is -2.50. The van der Waals surface area contributed by atoms with Gasteiger partial charge in [-0.1, -0.05) is 6.07 Å². The molecule has 0 unspecified atom stereocenters. The van der Waals surface area contributed by atoms with Crippen LogP contribution >= 0.6 is 0 Å². The summed E-state index contributed by atoms with van der Waals surface area (Å²) in [5.41, 5.74) is 7.25. The van der Waals surface area contributed by atoms with Crippen molar-refractivity contribution in [3.63, 3.8) is 0 Å². The van der Waals surface area contributed by atoms with Gasteiger partial charge in [0.15, 0.2) is 0 Å². The summed E-state index contributed by atoms with van der Waals surface area (Å²) in [7, 11) is 0. The summed E-state index contributed by atoms with van der Waals surface area (Å²) in [6, 6.07) is 4.02. The third kappa shape index (κ3) is 4.10. The highest BCUT2D eigenvalue weighted by Crippen LogP contribution is 2.18. The van der Waals surface area contributed by atoms with Crippen molar-refractivity contribution in [3.05, 3.63) is 23.4 Å². The maximum absolute atomic E-state index is 12.1. The number of aryl methyl sites for hydroxylation is 1. The zero-order chi connectivity index (χ0) is 16.3. The van der Waals surface area contributed by atoms with E-state index >= 15 is 0 Å². The second kappa shape index (κ2) is 6.52. The first-order valence-electron chi connectivity index (χ1n) is 7.69. The van der Waals surface area contributed by atoms with Crippen molar-refractivity contribution in [2.24, 2.45) is 5.73 Å². The molecule has 0 bridgehead atoms. The van der Waals surface area contributed by atoms with Gasteiger partial charge in [-0.05, 0) is 39.3 Å². The van der Waals surface area contributed by atoms with Gasteiger partial charge in [-0.15, -0.1) is 0 Å². The highest BCUT2D eigenvalue weighted by atomic mass is 16.6. The largest absolute Gasteiger partial charge is 0.444 e. The molecular weight excluding hydrogens is 280 g/mol. The van der Waals surface area contributed by atoms with Gasteiger partial charge in [0.1, 0.15) is 11.4 Å². The van der Waals surface area contributed by atoms with Crippen LogP contribution in [0.4, 0.5) is 10.6 Å². The fourth-order valence-electron chi connectivity index (χ4n) is 2.41. The number of aromatic nitrogens is 1. The minimum absolute atomic E-state index is 0.241. The molecule has 122 valence electrons. The number of carbonyl (C=O) groups is 1. The predicted octanol–water partition coefficient (Wildman–Crippen LogP) is 1.91. The lowest BCUT2D eigenvalue weighted by Gasteiger charge is -2.36. The quantitative estimate of drug-likeness (QED) is 0.903. The van der Waals surface area contributed by atoms with Gasteiger partial charge < -0.3 is 20.3 Å². The molecule has 0 aliphatic carbocycles. The molecule has 1 aromatic rings. The van der Waals surface area contributed by atoms with Gasteiger partial charge in [-0.2, -0.15) is 0 Å². The van der Waals surface area contributed by atoms with Crippen LogP contribution in [0.15, 0.2) is 12.1 Å². The number of nitrogens with zero attached hydrogens (tertiary/aromatic N) is 3. The predicted molar refractivity (Wildman–Crippen MR) is 86.9 cm³/mol. The van der Waals surface area contributed by atoms with Crippen LogP contribution in [-0.4, -0.2) is 47.8 Å². The Labute approximate surface area is 132 Å². The minimum atomic E-state index is -0.453. The van der Waals surface area contributed by atoms with Crippen LogP contribution in [0.1, 0.15) is 32.0 Å². The van der Waals surface area contributed by atoms with E-state index in [0.717, 1.165) is 30.2 Å². The van der Waals surface area contributed by atoms with E-state index in [1.807, 2.05) is 39.8 Å². The van der Waals surface area contributed by atoms with E-state index in [4.69, 9.17) is 10.5 Å². The van der Waals surface area contributed by atoms with Gasteiger partial charge in [-0.25, -0.2) is 9.78 Å². The van der Waals surface area contributed by atoms with Crippen molar-refractivity contribution < 1.29 is 9.53 Å². The van der Waals surface area contributed by atoms with Crippen LogP contribution in [0.25, 0.3) is 0 Å². The first-order chi connectivity index (χ1) is 10.3. The SMILES string of the molecule is Cc1nc(N2CCN(C(=O)OC(C)(C)C)CC2)ccc1CN. The molecule has 2 heterocycles. The number of anilines is 1. The molecule has 0 spiro atoms. The fraction of sp³-hybridized carbons (Fsp3) is 0.625. The summed E-state index contributed by atoms with van der Waals surface area (Å²) in [6.07, 6.45) is -0.241. The topological polar surface area (TPSA) is 71.7 Å². The first kappa shape index (κ1) is 16.5. The van der Waals surface area contributed by atoms with Gasteiger partial charge >= 0.3 is 6.09 Å². The number of piperazine rings is 1. The molecule has 2 rings (SSSR count). The standard InChI is InChI=1S/C16H26N4O2/c1-12-13(11-17)5-6-14(18-12)19-7-9-20(10-8-19)15(21)22-16(2,3)4/h5-6H,7-11,17H2,1-4H3. The Morgan fingerprint density at radius 2 is 1.91 bits per heavy atom. The van der Waals surface area contributed by atoms with Crippen LogP contribution in [0, 0.1) is 6.92 Å². The van der Waals surface area contributed by atoms with Crippen LogP contribution in [0.3, 0.4) is 0 Å². The smallest absolute Gasteiger partial charge is 0.410 e. The van der Waals surface area contributed by atoms with Crippen LogP contribution in [0.5, 0.6) is 0 Å². The third-order valence-corrected chi connectivity index (χ3v) is 3.66. The van der Waals surface area contributed by atoms with Crippen molar-refractivity contribution in [2.75, 3.05) is 31.1 Å². The van der Waals surface area contributed by atoms with Crippen molar-refractivity contribution >= 4 is 11.9 Å². The number of hydrogen-bond donors (Lipinski definition) is 1. The molecule has 22 heavy (non-hydrogen) atoms. The molecule has 1 saturated heterocycles. The number of amides is 1. The molecule has 0 atom stereocenters. The summed E-state index contributed by atoms with van der Waals surface area (Å²) < 4.78 is 5.41. The lowest BCUT2D eigenvalue weighted by atomic mass is 10.2. The number of ether oxygens (including phenoxy) is 1. The average molecular weight is 306 g/mol. The van der Waals surface area contributed by atoms with Crippen molar-refractivity contribution in [1.82, 2.24) is 9.88 Å². The van der Waals surface area contributed by atoms with E-state index in [1.54, 1.807) is 4.90 Å². The lowest BCUT2D eigenvalue weighted by molar-refractivity contribution is 0.0240. The maximum Gasteiger partial charge on any atom is 0.410 e. The van der Waals surface area contributed by atoms with Crippen LogP contribution in [-0.2, 0) is 11.3 Å². The number of rotatable bonds is 2. The van der Waals surface area contributed by atoms with Gasteiger partial charge in [0.05, 0.1) is 0 Å². The Balaban J connectivity index is 1.94. The Hall–Kier alpha value is -1.82. The Morgan fingerprint density at radius 3 is 2.41 bits per heavy atom. The molecule has 1 amide bonds. The monoisotopic (exact) mass is 306 g/mol. The van der Waals surface area contributed by atoms with Gasteiger partial charge in [-0.3, -0.25) is 0 Å². The summed E-state index contributed by atoms with van der Waals surface area (Å²) >= 11 is 0. The Morgan fingerprint density at radius 1 is 1.27 bits per heavy atom. The molecule has 2 N–H and O–H groups in total. The van der Waals surface area contributed by atoms with Crippen molar-refractivity contribution in [2.45, 2.75) is 39.8 Å². The highest BCUT2D eigenvalue weighted by molar-refractivity contribution is 5.68. The molecule has 1 aromatic heterocycles. The zero-order valence-corrected chi connectivity index (χ0v) is 13.9. The second-order valence-corrected chi connectivity index (χ2v) is 6.57. The molecule has 1 aliphatic rings. The maximum atomic E-state index is 12.1. The van der Waals surface area contributed by atoms with E-state index in [1.165, 1.54) is 0 Å². The molecule has 0 aromatic carbocycles. The van der Waals surface area contributed by atoms with Crippen molar-refractivity contribution in [3.8, 4) is 0 Å². The molecule has 1 aliphatic heterocycles. The molecule has 6 nitrogen and oxygen atoms in total. The second-order valence-electron chi connectivity index (χ2n) is 6.57. The number of hydrogen-bond acceptors (Lipinski definition) is 5. The average Bonchev–Trinajstić information content (AvgIpc) is 2.45. The van der Waals surface area contributed by atoms with Crippen LogP contribution in [0.2, 0.25) is 0 Å². The van der Waals surface area contributed by atoms with E-state index in [0.29, 0.717) is 19.6 Å². The highest BCUT2D eigenvalue weighted by Gasteiger charge is 2.26. The molecule has 1 fully saturated rings. The van der Waals surface area contributed by atoms with E-state index in [2.05, 4.69) is 9.88 Å².